The molecule has 0 radical (unpaired) electrons. The molecule has 1 atom stereocenters. The molecule has 2 aromatic rings. The van der Waals surface area contributed by atoms with Gasteiger partial charge in [0.05, 0.1) is 7.11 Å². The molecule has 0 saturated heterocycles. The van der Waals surface area contributed by atoms with Gasteiger partial charge in [-0.05, 0) is 61.2 Å². The summed E-state index contributed by atoms with van der Waals surface area (Å²) in [5.41, 5.74) is 8.56. The fraction of sp³-hybridized carbons (Fsp3) is 0.294. The van der Waals surface area contributed by atoms with Crippen molar-refractivity contribution < 1.29 is 9.13 Å². The maximum Gasteiger partial charge on any atom is 0.123 e. The van der Waals surface area contributed by atoms with Crippen LogP contribution in [0.4, 0.5) is 4.39 Å². The second-order valence-electron chi connectivity index (χ2n) is 5.46. The Morgan fingerprint density at radius 3 is 2.35 bits per heavy atom. The lowest BCUT2D eigenvalue weighted by molar-refractivity contribution is 0.414. The molecular formula is C17H20FNO. The molecule has 0 aliphatic heterocycles. The number of nitrogens with two attached hydrogens (primary N) is 1. The normalized spacial score (nSPS) is 13.8. The summed E-state index contributed by atoms with van der Waals surface area (Å²) < 4.78 is 18.7. The van der Waals surface area contributed by atoms with Gasteiger partial charge >= 0.3 is 0 Å². The van der Waals surface area contributed by atoms with Gasteiger partial charge in [-0.3, -0.25) is 0 Å². The number of aryl methyl sites for hydroxylation is 1. The number of benzene rings is 2. The quantitative estimate of drug-likeness (QED) is 0.924. The van der Waals surface area contributed by atoms with Crippen LogP contribution in [0.2, 0.25) is 0 Å². The van der Waals surface area contributed by atoms with E-state index >= 15 is 0 Å². The Hall–Kier alpha value is -1.87. The zero-order chi connectivity index (χ0) is 14.8. The van der Waals surface area contributed by atoms with Crippen LogP contribution in [0.5, 0.6) is 5.75 Å². The van der Waals surface area contributed by atoms with Gasteiger partial charge in [0.1, 0.15) is 11.6 Å². The highest BCUT2D eigenvalue weighted by Gasteiger charge is 2.22. The van der Waals surface area contributed by atoms with Crippen molar-refractivity contribution >= 4 is 0 Å². The van der Waals surface area contributed by atoms with Crippen molar-refractivity contribution in [2.75, 3.05) is 7.11 Å². The molecule has 3 heteroatoms. The number of ether oxygens (including phenoxy) is 1. The van der Waals surface area contributed by atoms with Crippen LogP contribution in [0, 0.1) is 12.7 Å². The zero-order valence-electron chi connectivity index (χ0n) is 12.1. The fourth-order valence-electron chi connectivity index (χ4n) is 2.34. The largest absolute Gasteiger partial charge is 0.497 e. The van der Waals surface area contributed by atoms with E-state index in [0.29, 0.717) is 6.42 Å². The number of rotatable bonds is 4. The minimum atomic E-state index is -0.610. The van der Waals surface area contributed by atoms with Gasteiger partial charge in [-0.2, -0.15) is 0 Å². The molecule has 0 saturated carbocycles. The van der Waals surface area contributed by atoms with Crippen molar-refractivity contribution in [1.29, 1.82) is 0 Å². The number of hydrogen-bond acceptors (Lipinski definition) is 2. The second-order valence-corrected chi connectivity index (χ2v) is 5.46. The Morgan fingerprint density at radius 1 is 1.15 bits per heavy atom. The Labute approximate surface area is 119 Å². The number of halogens is 1. The zero-order valence-corrected chi connectivity index (χ0v) is 12.1. The molecule has 0 aliphatic rings. The van der Waals surface area contributed by atoms with Crippen molar-refractivity contribution in [3.8, 4) is 5.75 Å². The molecule has 2 rings (SSSR count). The number of methoxy groups -OCH3 is 1. The topological polar surface area (TPSA) is 35.2 Å². The average molecular weight is 273 g/mol. The minimum absolute atomic E-state index is 0.244. The molecule has 1 unspecified atom stereocenters. The molecule has 0 heterocycles. The fourth-order valence-corrected chi connectivity index (χ4v) is 2.34. The van der Waals surface area contributed by atoms with Crippen LogP contribution in [-0.2, 0) is 12.0 Å². The van der Waals surface area contributed by atoms with Gasteiger partial charge in [-0.25, -0.2) is 4.39 Å². The van der Waals surface area contributed by atoms with E-state index in [9.17, 15) is 4.39 Å². The lowest BCUT2D eigenvalue weighted by atomic mass is 9.86. The first-order valence-corrected chi connectivity index (χ1v) is 6.60. The molecule has 2 aromatic carbocycles. The minimum Gasteiger partial charge on any atom is -0.497 e. The second kappa shape index (κ2) is 5.63. The van der Waals surface area contributed by atoms with Crippen molar-refractivity contribution in [2.45, 2.75) is 25.8 Å². The van der Waals surface area contributed by atoms with Crippen molar-refractivity contribution in [3.05, 3.63) is 65.0 Å². The van der Waals surface area contributed by atoms with Gasteiger partial charge < -0.3 is 10.5 Å². The van der Waals surface area contributed by atoms with Crippen LogP contribution in [0.3, 0.4) is 0 Å². The first kappa shape index (κ1) is 14.5. The van der Waals surface area contributed by atoms with E-state index in [0.717, 1.165) is 22.4 Å². The van der Waals surface area contributed by atoms with Crippen LogP contribution < -0.4 is 10.5 Å². The number of hydrogen-bond donors (Lipinski definition) is 1. The standard InChI is InChI=1S/C17H20FNO/c1-12-8-14(10-15(18)9-12)17(2,19)11-13-4-6-16(20-3)7-5-13/h4-10H,11,19H2,1-3H3. The summed E-state index contributed by atoms with van der Waals surface area (Å²) >= 11 is 0. The van der Waals surface area contributed by atoms with Gasteiger partial charge in [-0.15, -0.1) is 0 Å². The molecule has 106 valence electrons. The monoisotopic (exact) mass is 273 g/mol. The van der Waals surface area contributed by atoms with Crippen LogP contribution in [0.1, 0.15) is 23.6 Å². The lowest BCUT2D eigenvalue weighted by Gasteiger charge is -2.26. The molecule has 0 aromatic heterocycles. The van der Waals surface area contributed by atoms with Crippen molar-refractivity contribution in [3.63, 3.8) is 0 Å². The molecule has 2 nitrogen and oxygen atoms in total. The molecule has 0 spiro atoms. The first-order chi connectivity index (χ1) is 9.40. The Bertz CT molecular complexity index is 570. The van der Waals surface area contributed by atoms with Crippen LogP contribution >= 0.6 is 0 Å². The molecule has 0 aliphatic carbocycles. The summed E-state index contributed by atoms with van der Waals surface area (Å²) in [6.07, 6.45) is 0.639. The molecule has 0 bridgehead atoms. The molecule has 0 amide bonds. The Morgan fingerprint density at radius 2 is 1.80 bits per heavy atom. The first-order valence-electron chi connectivity index (χ1n) is 6.60. The van der Waals surface area contributed by atoms with Crippen LogP contribution in [0.15, 0.2) is 42.5 Å². The third-order valence-corrected chi connectivity index (χ3v) is 3.43. The SMILES string of the molecule is COc1ccc(CC(C)(N)c2cc(C)cc(F)c2)cc1. The maximum absolute atomic E-state index is 13.5. The van der Waals surface area contributed by atoms with Gasteiger partial charge in [0.25, 0.3) is 0 Å². The van der Waals surface area contributed by atoms with E-state index in [1.807, 2.05) is 44.2 Å². The molecule has 20 heavy (non-hydrogen) atoms. The Balaban J connectivity index is 2.24. The average Bonchev–Trinajstić information content (AvgIpc) is 2.38. The summed E-state index contributed by atoms with van der Waals surface area (Å²) in [4.78, 5) is 0. The van der Waals surface area contributed by atoms with Gasteiger partial charge in [0, 0.05) is 5.54 Å². The van der Waals surface area contributed by atoms with E-state index in [1.54, 1.807) is 7.11 Å². The predicted molar refractivity (Wildman–Crippen MR) is 79.4 cm³/mol. The van der Waals surface area contributed by atoms with E-state index in [4.69, 9.17) is 10.5 Å². The lowest BCUT2D eigenvalue weighted by Crippen LogP contribution is -2.35. The van der Waals surface area contributed by atoms with Gasteiger partial charge in [0.15, 0.2) is 0 Å². The van der Waals surface area contributed by atoms with E-state index in [-0.39, 0.29) is 5.82 Å². The van der Waals surface area contributed by atoms with E-state index in [1.165, 1.54) is 12.1 Å². The summed E-state index contributed by atoms with van der Waals surface area (Å²) in [6.45, 7) is 3.79. The summed E-state index contributed by atoms with van der Waals surface area (Å²) in [7, 11) is 1.64. The third kappa shape index (κ3) is 3.36. The van der Waals surface area contributed by atoms with Crippen LogP contribution in [0.25, 0.3) is 0 Å². The summed E-state index contributed by atoms with van der Waals surface area (Å²) in [6, 6.07) is 12.7. The van der Waals surface area contributed by atoms with E-state index in [2.05, 4.69) is 0 Å². The molecular weight excluding hydrogens is 253 g/mol. The Kier molecular flexibility index (Phi) is 4.09. The maximum atomic E-state index is 13.5. The highest BCUT2D eigenvalue weighted by atomic mass is 19.1. The van der Waals surface area contributed by atoms with E-state index < -0.39 is 5.54 Å². The van der Waals surface area contributed by atoms with Gasteiger partial charge in [-0.1, -0.05) is 18.2 Å². The van der Waals surface area contributed by atoms with Crippen molar-refractivity contribution in [2.24, 2.45) is 5.73 Å². The third-order valence-electron chi connectivity index (χ3n) is 3.43. The highest BCUT2D eigenvalue weighted by Crippen LogP contribution is 2.25. The van der Waals surface area contributed by atoms with Crippen molar-refractivity contribution in [1.82, 2.24) is 0 Å². The summed E-state index contributed by atoms with van der Waals surface area (Å²) in [5, 5.41) is 0. The predicted octanol–water partition coefficient (Wildman–Crippen LogP) is 3.56. The van der Waals surface area contributed by atoms with Crippen LogP contribution in [-0.4, -0.2) is 7.11 Å². The molecule has 2 N–H and O–H groups in total. The van der Waals surface area contributed by atoms with Gasteiger partial charge in [0.2, 0.25) is 0 Å². The molecule has 0 fully saturated rings. The smallest absolute Gasteiger partial charge is 0.123 e. The highest BCUT2D eigenvalue weighted by molar-refractivity contribution is 5.33. The summed E-state index contributed by atoms with van der Waals surface area (Å²) in [5.74, 6) is 0.570.